The number of nitrogens with zero attached hydrogens (tertiary/aromatic N) is 3. The first-order chi connectivity index (χ1) is 19.1. The summed E-state index contributed by atoms with van der Waals surface area (Å²) in [5.41, 5.74) is 5.54. The Morgan fingerprint density at radius 2 is 1.33 bits per heavy atom. The smallest absolute Gasteiger partial charge is 0.163 e. The highest BCUT2D eigenvalue weighted by atomic mass is 19.2. The van der Waals surface area contributed by atoms with Crippen LogP contribution in [0.2, 0.25) is 0 Å². The van der Waals surface area contributed by atoms with Gasteiger partial charge in [0, 0.05) is 42.9 Å². The van der Waals surface area contributed by atoms with Crippen LogP contribution in [0, 0.1) is 11.6 Å². The van der Waals surface area contributed by atoms with Crippen molar-refractivity contribution in [3.63, 3.8) is 0 Å². The summed E-state index contributed by atoms with van der Waals surface area (Å²) in [6.45, 7) is 4.39. The predicted octanol–water partition coefficient (Wildman–Crippen LogP) is 8.50. The van der Waals surface area contributed by atoms with Crippen LogP contribution in [-0.2, 0) is 26.2 Å². The van der Waals surface area contributed by atoms with E-state index in [1.807, 2.05) is 54.6 Å². The van der Waals surface area contributed by atoms with Gasteiger partial charge in [0.2, 0.25) is 0 Å². The van der Waals surface area contributed by atoms with Gasteiger partial charge in [0.1, 0.15) is 5.82 Å². The second-order valence-corrected chi connectivity index (χ2v) is 9.81. The summed E-state index contributed by atoms with van der Waals surface area (Å²) in [7, 11) is 0. The van der Waals surface area contributed by atoms with Gasteiger partial charge >= 0.3 is 0 Å². The van der Waals surface area contributed by atoms with Crippen LogP contribution in [0.4, 0.5) is 8.78 Å². The first kappa shape index (κ1) is 26.5. The van der Waals surface area contributed by atoms with Crippen molar-refractivity contribution in [3.8, 4) is 22.6 Å². The maximum atomic E-state index is 14.8. The quantitative estimate of drug-likeness (QED) is 0.174. The summed E-state index contributed by atoms with van der Waals surface area (Å²) in [6.07, 6.45) is 2.06. The molecule has 5 rings (SSSR count). The zero-order valence-electron chi connectivity index (χ0n) is 22.2. The van der Waals surface area contributed by atoms with Crippen molar-refractivity contribution in [2.75, 3.05) is 0 Å². The molecule has 0 aliphatic rings. The fourth-order valence-corrected chi connectivity index (χ4v) is 4.97. The Morgan fingerprint density at radius 1 is 0.692 bits per heavy atom. The maximum absolute atomic E-state index is 14.8. The summed E-state index contributed by atoms with van der Waals surface area (Å²) < 4.78 is 31.3. The van der Waals surface area contributed by atoms with Gasteiger partial charge in [-0.3, -0.25) is 4.90 Å². The second kappa shape index (κ2) is 12.6. The molecule has 0 spiro atoms. The third-order valence-electron chi connectivity index (χ3n) is 6.93. The van der Waals surface area contributed by atoms with Crippen LogP contribution in [0.3, 0.4) is 0 Å². The van der Waals surface area contributed by atoms with E-state index < -0.39 is 11.6 Å². The molecule has 0 aliphatic heterocycles. The molecular weight excluding hydrogens is 488 g/mol. The van der Waals surface area contributed by atoms with Gasteiger partial charge in [-0.1, -0.05) is 116 Å². The highest BCUT2D eigenvalue weighted by Crippen LogP contribution is 2.32. The molecule has 0 fully saturated rings. The molecule has 4 aromatic carbocycles. The molecule has 5 aromatic rings. The molecule has 3 nitrogen and oxygen atoms in total. The molecule has 0 atom stereocenters. The van der Waals surface area contributed by atoms with E-state index in [0.29, 0.717) is 18.7 Å². The van der Waals surface area contributed by atoms with E-state index in [-0.39, 0.29) is 6.54 Å². The van der Waals surface area contributed by atoms with Crippen molar-refractivity contribution < 1.29 is 8.78 Å². The number of hydrogen-bond acceptors (Lipinski definition) is 2. The molecule has 39 heavy (non-hydrogen) atoms. The molecule has 0 aliphatic carbocycles. The molecular formula is C34H33F2N3. The molecule has 5 heteroatoms. The second-order valence-electron chi connectivity index (χ2n) is 9.81. The van der Waals surface area contributed by atoms with Crippen LogP contribution >= 0.6 is 0 Å². The normalized spacial score (nSPS) is 11.3. The Hall–Kier alpha value is -4.09. The van der Waals surface area contributed by atoms with E-state index in [9.17, 15) is 8.78 Å². The lowest BCUT2D eigenvalue weighted by atomic mass is 10.1. The molecule has 1 heterocycles. The topological polar surface area (TPSA) is 21.1 Å². The van der Waals surface area contributed by atoms with Gasteiger partial charge in [0.25, 0.3) is 0 Å². The molecule has 0 bridgehead atoms. The van der Waals surface area contributed by atoms with Crippen LogP contribution in [0.15, 0.2) is 109 Å². The van der Waals surface area contributed by atoms with Gasteiger partial charge in [-0.2, -0.15) is 0 Å². The lowest BCUT2D eigenvalue weighted by Crippen LogP contribution is -2.25. The third-order valence-corrected chi connectivity index (χ3v) is 6.93. The number of rotatable bonds is 11. The Balaban J connectivity index is 1.62. The maximum Gasteiger partial charge on any atom is 0.163 e. The highest BCUT2D eigenvalue weighted by molar-refractivity contribution is 5.68. The van der Waals surface area contributed by atoms with Crippen molar-refractivity contribution >= 4 is 0 Å². The Morgan fingerprint density at radius 3 is 2.00 bits per heavy atom. The van der Waals surface area contributed by atoms with Crippen LogP contribution in [0.1, 0.15) is 36.6 Å². The lowest BCUT2D eigenvalue weighted by Gasteiger charge is -2.25. The SMILES string of the molecule is CCCCn1c(-c2ccccc2)nc(-c2ccccc2)c1CN(Cc1ccccc1)Cc1cccc(F)c1F. The molecule has 198 valence electrons. The molecule has 0 unspecified atom stereocenters. The van der Waals surface area contributed by atoms with E-state index in [1.165, 1.54) is 6.07 Å². The molecule has 0 saturated carbocycles. The highest BCUT2D eigenvalue weighted by Gasteiger charge is 2.23. The van der Waals surface area contributed by atoms with Crippen LogP contribution in [0.25, 0.3) is 22.6 Å². The standard InChI is InChI=1S/C34H33F2N3/c1-2-3-22-39-31(33(27-16-9-5-10-17-27)37-34(39)28-18-11-6-12-19-28)25-38(23-26-14-7-4-8-15-26)24-29-20-13-21-30(35)32(29)36/h4-21H,2-3,22-25H2,1H3. The number of aromatic nitrogens is 2. The monoisotopic (exact) mass is 521 g/mol. The largest absolute Gasteiger partial charge is 0.326 e. The summed E-state index contributed by atoms with van der Waals surface area (Å²) in [5, 5.41) is 0. The van der Waals surface area contributed by atoms with Crippen LogP contribution in [-0.4, -0.2) is 14.5 Å². The van der Waals surface area contributed by atoms with Crippen molar-refractivity contribution in [2.45, 2.75) is 45.9 Å². The third kappa shape index (κ3) is 6.32. The molecule has 0 saturated heterocycles. The predicted molar refractivity (Wildman–Crippen MR) is 154 cm³/mol. The number of imidazole rings is 1. The molecule has 0 amide bonds. The summed E-state index contributed by atoms with van der Waals surface area (Å²) >= 11 is 0. The Kier molecular flexibility index (Phi) is 8.59. The van der Waals surface area contributed by atoms with Gasteiger partial charge in [-0.15, -0.1) is 0 Å². The minimum atomic E-state index is -0.823. The first-order valence-corrected chi connectivity index (χ1v) is 13.5. The van der Waals surface area contributed by atoms with E-state index in [1.54, 1.807) is 12.1 Å². The lowest BCUT2D eigenvalue weighted by molar-refractivity contribution is 0.237. The average molecular weight is 522 g/mol. The van der Waals surface area contributed by atoms with Crippen LogP contribution in [0.5, 0.6) is 0 Å². The first-order valence-electron chi connectivity index (χ1n) is 13.5. The van der Waals surface area contributed by atoms with E-state index in [0.717, 1.165) is 53.3 Å². The van der Waals surface area contributed by atoms with Gasteiger partial charge in [0.05, 0.1) is 11.4 Å². The van der Waals surface area contributed by atoms with Crippen LogP contribution < -0.4 is 0 Å². The molecule has 0 N–H and O–H groups in total. The van der Waals surface area contributed by atoms with Crippen molar-refractivity contribution in [2.24, 2.45) is 0 Å². The van der Waals surface area contributed by atoms with Crippen molar-refractivity contribution in [1.82, 2.24) is 14.5 Å². The van der Waals surface area contributed by atoms with E-state index >= 15 is 0 Å². The number of halogens is 2. The van der Waals surface area contributed by atoms with E-state index in [4.69, 9.17) is 4.98 Å². The van der Waals surface area contributed by atoms with Crippen molar-refractivity contribution in [3.05, 3.63) is 138 Å². The number of benzene rings is 4. The van der Waals surface area contributed by atoms with E-state index in [2.05, 4.69) is 52.8 Å². The van der Waals surface area contributed by atoms with Gasteiger partial charge in [-0.05, 0) is 18.1 Å². The van der Waals surface area contributed by atoms with Gasteiger partial charge < -0.3 is 4.57 Å². The fraction of sp³-hybridized carbons (Fsp3) is 0.206. The van der Waals surface area contributed by atoms with Gasteiger partial charge in [-0.25, -0.2) is 13.8 Å². The zero-order valence-corrected chi connectivity index (χ0v) is 22.2. The summed E-state index contributed by atoms with van der Waals surface area (Å²) in [5.74, 6) is -0.686. The van der Waals surface area contributed by atoms with Gasteiger partial charge in [0.15, 0.2) is 11.6 Å². The number of hydrogen-bond donors (Lipinski definition) is 0. The minimum Gasteiger partial charge on any atom is -0.326 e. The molecule has 1 aromatic heterocycles. The summed E-state index contributed by atoms with van der Waals surface area (Å²) in [6, 6.07) is 35.0. The molecule has 0 radical (unpaired) electrons. The average Bonchev–Trinajstić information content (AvgIpc) is 3.33. The fourth-order valence-electron chi connectivity index (χ4n) is 4.97. The zero-order chi connectivity index (χ0) is 27.0. The summed E-state index contributed by atoms with van der Waals surface area (Å²) in [4.78, 5) is 7.38. The van der Waals surface area contributed by atoms with Crippen molar-refractivity contribution in [1.29, 1.82) is 0 Å². The number of unbranched alkanes of at least 4 members (excludes halogenated alkanes) is 1. The Labute approximate surface area is 229 Å². The Bertz CT molecular complexity index is 1480. The minimum absolute atomic E-state index is 0.270.